The maximum atomic E-state index is 12.1. The molecule has 0 bridgehead atoms. The highest BCUT2D eigenvalue weighted by atomic mass is 16.2. The molecule has 0 saturated carbocycles. The molecule has 0 radical (unpaired) electrons. The first kappa shape index (κ1) is 12.6. The van der Waals surface area contributed by atoms with E-state index in [1.807, 2.05) is 52.2 Å². The molecule has 2 heterocycles. The van der Waals surface area contributed by atoms with E-state index in [1.165, 1.54) is 0 Å². The lowest BCUT2D eigenvalue weighted by Gasteiger charge is -2.14. The van der Waals surface area contributed by atoms with Gasteiger partial charge in [0.2, 0.25) is 5.91 Å². The predicted octanol–water partition coefficient (Wildman–Crippen LogP) is 1.76. The lowest BCUT2D eigenvalue weighted by molar-refractivity contribution is -0.125. The molecule has 102 valence electrons. The zero-order valence-corrected chi connectivity index (χ0v) is 11.1. The van der Waals surface area contributed by atoms with Gasteiger partial charge in [-0.05, 0) is 18.1 Å². The minimum Gasteiger partial charge on any atom is -0.337 e. The predicted molar refractivity (Wildman–Crippen MR) is 75.7 cm³/mol. The second-order valence-corrected chi connectivity index (χ2v) is 4.85. The summed E-state index contributed by atoms with van der Waals surface area (Å²) in [6, 6.07) is 10.1. The molecule has 1 amide bonds. The summed E-state index contributed by atoms with van der Waals surface area (Å²) in [5, 5.41) is 7.80. The molecule has 0 N–H and O–H groups in total. The standard InChI is InChI=1S/C15H16N4O/c20-15(7-6-13-4-2-1-3-5-13)18-10-8-14(12-18)19-11-9-16-17-19/h1-7,9,11,14H,8,10,12H2/b7-6+. The summed E-state index contributed by atoms with van der Waals surface area (Å²) in [6.45, 7) is 1.46. The van der Waals surface area contributed by atoms with Crippen LogP contribution in [0.1, 0.15) is 18.0 Å². The van der Waals surface area contributed by atoms with Gasteiger partial charge >= 0.3 is 0 Å². The Balaban J connectivity index is 1.60. The molecule has 0 aliphatic carbocycles. The van der Waals surface area contributed by atoms with Gasteiger partial charge in [0.05, 0.1) is 12.2 Å². The van der Waals surface area contributed by atoms with Crippen LogP contribution in [0.5, 0.6) is 0 Å². The molecule has 1 aromatic carbocycles. The highest BCUT2D eigenvalue weighted by Crippen LogP contribution is 2.20. The van der Waals surface area contributed by atoms with E-state index in [0.29, 0.717) is 6.54 Å². The van der Waals surface area contributed by atoms with Crippen molar-refractivity contribution in [2.45, 2.75) is 12.5 Å². The quantitative estimate of drug-likeness (QED) is 0.797. The van der Waals surface area contributed by atoms with Gasteiger partial charge in [0.25, 0.3) is 0 Å². The van der Waals surface area contributed by atoms with Crippen LogP contribution in [0.15, 0.2) is 48.8 Å². The van der Waals surface area contributed by atoms with Gasteiger partial charge in [0.1, 0.15) is 0 Å². The third-order valence-corrected chi connectivity index (χ3v) is 3.51. The van der Waals surface area contributed by atoms with Crippen molar-refractivity contribution in [3.63, 3.8) is 0 Å². The number of aromatic nitrogens is 3. The van der Waals surface area contributed by atoms with E-state index >= 15 is 0 Å². The number of hydrogen-bond donors (Lipinski definition) is 0. The highest BCUT2D eigenvalue weighted by molar-refractivity contribution is 5.91. The summed E-state index contributed by atoms with van der Waals surface area (Å²) >= 11 is 0. The maximum Gasteiger partial charge on any atom is 0.246 e. The lowest BCUT2D eigenvalue weighted by atomic mass is 10.2. The minimum absolute atomic E-state index is 0.0523. The van der Waals surface area contributed by atoms with E-state index in [1.54, 1.807) is 12.3 Å². The normalized spacial score (nSPS) is 18.8. The molecule has 1 aromatic heterocycles. The van der Waals surface area contributed by atoms with Gasteiger partial charge in [-0.25, -0.2) is 4.68 Å². The molecule has 2 aromatic rings. The van der Waals surface area contributed by atoms with Crippen LogP contribution in [0.4, 0.5) is 0 Å². The fourth-order valence-electron chi connectivity index (χ4n) is 2.41. The lowest BCUT2D eigenvalue weighted by Crippen LogP contribution is -2.27. The van der Waals surface area contributed by atoms with Gasteiger partial charge < -0.3 is 4.90 Å². The fourth-order valence-corrected chi connectivity index (χ4v) is 2.41. The maximum absolute atomic E-state index is 12.1. The zero-order chi connectivity index (χ0) is 13.8. The van der Waals surface area contributed by atoms with E-state index in [0.717, 1.165) is 18.5 Å². The third-order valence-electron chi connectivity index (χ3n) is 3.51. The molecule has 1 atom stereocenters. The van der Waals surface area contributed by atoms with Gasteiger partial charge in [0, 0.05) is 25.4 Å². The summed E-state index contributed by atoms with van der Waals surface area (Å²) in [6.07, 6.45) is 7.93. The van der Waals surface area contributed by atoms with Crippen LogP contribution in [0.2, 0.25) is 0 Å². The molecule has 1 unspecified atom stereocenters. The summed E-state index contributed by atoms with van der Waals surface area (Å²) in [5.74, 6) is 0.0523. The van der Waals surface area contributed by atoms with Crippen molar-refractivity contribution >= 4 is 12.0 Å². The van der Waals surface area contributed by atoms with Gasteiger partial charge in [-0.2, -0.15) is 0 Å². The molecule has 1 aliphatic rings. The van der Waals surface area contributed by atoms with E-state index in [4.69, 9.17) is 0 Å². The third kappa shape index (κ3) is 2.77. The van der Waals surface area contributed by atoms with Crippen molar-refractivity contribution in [3.05, 3.63) is 54.4 Å². The van der Waals surface area contributed by atoms with E-state index in [9.17, 15) is 4.79 Å². The number of nitrogens with zero attached hydrogens (tertiary/aromatic N) is 4. The summed E-state index contributed by atoms with van der Waals surface area (Å²) in [7, 11) is 0. The first-order valence-electron chi connectivity index (χ1n) is 6.71. The van der Waals surface area contributed by atoms with Gasteiger partial charge in [-0.3, -0.25) is 4.79 Å². The van der Waals surface area contributed by atoms with Crippen LogP contribution < -0.4 is 0 Å². The highest BCUT2D eigenvalue weighted by Gasteiger charge is 2.26. The van der Waals surface area contributed by atoms with Crippen LogP contribution in [0.25, 0.3) is 6.08 Å². The SMILES string of the molecule is O=C(/C=C/c1ccccc1)N1CCC(n2ccnn2)C1. The average Bonchev–Trinajstić information content (AvgIpc) is 3.16. The van der Waals surface area contributed by atoms with Crippen LogP contribution >= 0.6 is 0 Å². The van der Waals surface area contributed by atoms with Crippen molar-refractivity contribution < 1.29 is 4.79 Å². The number of benzene rings is 1. The number of rotatable bonds is 3. The van der Waals surface area contributed by atoms with Gasteiger partial charge in [-0.15, -0.1) is 5.10 Å². The van der Waals surface area contributed by atoms with Gasteiger partial charge in [0.15, 0.2) is 0 Å². The number of carbonyl (C=O) groups is 1. The molecule has 5 heteroatoms. The van der Waals surface area contributed by atoms with Crippen molar-refractivity contribution in [3.8, 4) is 0 Å². The monoisotopic (exact) mass is 268 g/mol. The largest absolute Gasteiger partial charge is 0.337 e. The van der Waals surface area contributed by atoms with Crippen molar-refractivity contribution in [2.24, 2.45) is 0 Å². The molecule has 3 rings (SSSR count). The molecule has 20 heavy (non-hydrogen) atoms. The Morgan fingerprint density at radius 2 is 2.15 bits per heavy atom. The summed E-state index contributed by atoms with van der Waals surface area (Å²) in [4.78, 5) is 14.0. The topological polar surface area (TPSA) is 51.0 Å². The zero-order valence-electron chi connectivity index (χ0n) is 11.1. The average molecular weight is 268 g/mol. The Kier molecular flexibility index (Phi) is 3.58. The molecule has 1 aliphatic heterocycles. The van der Waals surface area contributed by atoms with Crippen molar-refractivity contribution in [1.29, 1.82) is 0 Å². The number of carbonyl (C=O) groups excluding carboxylic acids is 1. The van der Waals surface area contributed by atoms with Crippen molar-refractivity contribution in [1.82, 2.24) is 19.9 Å². The number of likely N-dealkylation sites (tertiary alicyclic amines) is 1. The second kappa shape index (κ2) is 5.69. The first-order valence-corrected chi connectivity index (χ1v) is 6.71. The van der Waals surface area contributed by atoms with Crippen molar-refractivity contribution in [2.75, 3.05) is 13.1 Å². The van der Waals surface area contributed by atoms with Crippen LogP contribution in [-0.4, -0.2) is 38.9 Å². The van der Waals surface area contributed by atoms with Crippen LogP contribution in [-0.2, 0) is 4.79 Å². The molecular weight excluding hydrogens is 252 g/mol. The van der Waals surface area contributed by atoms with Crippen LogP contribution in [0.3, 0.4) is 0 Å². The summed E-state index contributed by atoms with van der Waals surface area (Å²) in [5.41, 5.74) is 1.04. The fraction of sp³-hybridized carbons (Fsp3) is 0.267. The smallest absolute Gasteiger partial charge is 0.246 e. The Bertz CT molecular complexity index is 592. The molecular formula is C15H16N4O. The number of hydrogen-bond acceptors (Lipinski definition) is 3. The van der Waals surface area contributed by atoms with E-state index in [-0.39, 0.29) is 11.9 Å². The molecule has 1 saturated heterocycles. The number of amides is 1. The Labute approximate surface area is 117 Å². The second-order valence-electron chi connectivity index (χ2n) is 4.85. The first-order chi connectivity index (χ1) is 9.83. The van der Waals surface area contributed by atoms with Gasteiger partial charge in [-0.1, -0.05) is 35.5 Å². The van der Waals surface area contributed by atoms with E-state index in [2.05, 4.69) is 10.3 Å². The Morgan fingerprint density at radius 3 is 2.90 bits per heavy atom. The Hall–Kier alpha value is -2.43. The van der Waals surface area contributed by atoms with Crippen LogP contribution in [0, 0.1) is 0 Å². The Morgan fingerprint density at radius 1 is 1.30 bits per heavy atom. The molecule has 5 nitrogen and oxygen atoms in total. The summed E-state index contributed by atoms with van der Waals surface area (Å²) < 4.78 is 1.83. The molecule has 1 fully saturated rings. The minimum atomic E-state index is 0.0523. The van der Waals surface area contributed by atoms with E-state index < -0.39 is 0 Å². The molecule has 0 spiro atoms.